The number of ether oxygens (including phenoxy) is 2. The highest BCUT2D eigenvalue weighted by molar-refractivity contribution is 5.91. The second kappa shape index (κ2) is 9.15. The summed E-state index contributed by atoms with van der Waals surface area (Å²) in [5.74, 6) is -1.60. The quantitative estimate of drug-likeness (QED) is 0.564. The molecule has 146 valence electrons. The summed E-state index contributed by atoms with van der Waals surface area (Å²) in [5, 5.41) is 5.07. The fraction of sp³-hybridized carbons (Fsp3) is 0.824. The maximum Gasteiger partial charge on any atom is 0.325 e. The second-order valence-corrected chi connectivity index (χ2v) is 8.06. The highest BCUT2D eigenvalue weighted by Gasteiger charge is 2.34. The standard InChI is InChI=1S/C17H33N3O5/c1-10(25-17(5,6)7)12(14(22)19-9-11(21)24-8)20-15(23)13(18)16(2,3)4/h10,12-13H,9,18H2,1-8H3,(H,19,22)(H,20,23)/t10-,12+,13-/m0/s1. The Balaban J connectivity index is 5.22. The first-order chi connectivity index (χ1) is 11.2. The van der Waals surface area contributed by atoms with Crippen LogP contribution >= 0.6 is 0 Å². The lowest BCUT2D eigenvalue weighted by Gasteiger charge is -2.33. The van der Waals surface area contributed by atoms with Gasteiger partial charge < -0.3 is 25.8 Å². The molecule has 0 saturated carbocycles. The molecule has 3 atom stereocenters. The molecule has 0 aliphatic rings. The van der Waals surface area contributed by atoms with Crippen molar-refractivity contribution in [1.82, 2.24) is 10.6 Å². The Bertz CT molecular complexity index is 480. The van der Waals surface area contributed by atoms with E-state index < -0.39 is 47.0 Å². The molecule has 0 aliphatic carbocycles. The Hall–Kier alpha value is -1.67. The van der Waals surface area contributed by atoms with E-state index in [9.17, 15) is 14.4 Å². The Morgan fingerprint density at radius 3 is 1.96 bits per heavy atom. The fourth-order valence-electron chi connectivity index (χ4n) is 2.00. The number of nitrogens with two attached hydrogens (primary N) is 1. The first-order valence-corrected chi connectivity index (χ1v) is 8.27. The largest absolute Gasteiger partial charge is 0.468 e. The maximum absolute atomic E-state index is 12.4. The van der Waals surface area contributed by atoms with Crippen molar-refractivity contribution >= 4 is 17.8 Å². The number of carbonyl (C=O) groups excluding carboxylic acids is 3. The van der Waals surface area contributed by atoms with Crippen LogP contribution in [0.25, 0.3) is 0 Å². The van der Waals surface area contributed by atoms with Crippen molar-refractivity contribution in [3.63, 3.8) is 0 Å². The third-order valence-corrected chi connectivity index (χ3v) is 3.44. The van der Waals surface area contributed by atoms with Crippen LogP contribution in [0.1, 0.15) is 48.5 Å². The number of amides is 2. The van der Waals surface area contributed by atoms with Gasteiger partial charge in [-0.05, 0) is 33.1 Å². The van der Waals surface area contributed by atoms with Crippen LogP contribution in [0.2, 0.25) is 0 Å². The van der Waals surface area contributed by atoms with E-state index in [1.54, 1.807) is 6.92 Å². The van der Waals surface area contributed by atoms with E-state index >= 15 is 0 Å². The SMILES string of the molecule is COC(=O)CNC(=O)[C@H](NC(=O)[C@H](N)C(C)(C)C)[C@H](C)OC(C)(C)C. The molecule has 0 aromatic carbocycles. The first-order valence-electron chi connectivity index (χ1n) is 8.27. The fourth-order valence-corrected chi connectivity index (χ4v) is 2.00. The van der Waals surface area contributed by atoms with Crippen molar-refractivity contribution in [3.8, 4) is 0 Å². The van der Waals surface area contributed by atoms with Crippen LogP contribution in [0.5, 0.6) is 0 Å². The Morgan fingerprint density at radius 1 is 1.04 bits per heavy atom. The summed E-state index contributed by atoms with van der Waals surface area (Å²) in [4.78, 5) is 36.1. The number of carbonyl (C=O) groups is 3. The van der Waals surface area contributed by atoms with E-state index in [0.717, 1.165) is 0 Å². The van der Waals surface area contributed by atoms with Crippen molar-refractivity contribution in [1.29, 1.82) is 0 Å². The zero-order valence-electron chi connectivity index (χ0n) is 16.6. The van der Waals surface area contributed by atoms with E-state index in [0.29, 0.717) is 0 Å². The zero-order valence-corrected chi connectivity index (χ0v) is 16.6. The first kappa shape index (κ1) is 23.3. The van der Waals surface area contributed by atoms with Gasteiger partial charge in [0.2, 0.25) is 11.8 Å². The monoisotopic (exact) mass is 359 g/mol. The number of methoxy groups -OCH3 is 1. The Kier molecular flexibility index (Phi) is 8.53. The molecule has 0 rings (SSSR count). The van der Waals surface area contributed by atoms with Crippen LogP contribution in [-0.4, -0.2) is 55.2 Å². The number of nitrogens with one attached hydrogen (secondary N) is 2. The number of rotatable bonds is 7. The van der Waals surface area contributed by atoms with Crippen LogP contribution in [0.15, 0.2) is 0 Å². The summed E-state index contributed by atoms with van der Waals surface area (Å²) < 4.78 is 10.3. The average molecular weight is 359 g/mol. The molecule has 0 fully saturated rings. The molecule has 0 radical (unpaired) electrons. The van der Waals surface area contributed by atoms with Gasteiger partial charge in [0.25, 0.3) is 0 Å². The van der Waals surface area contributed by atoms with Crippen LogP contribution in [0, 0.1) is 5.41 Å². The number of esters is 1. The van der Waals surface area contributed by atoms with Gasteiger partial charge in [0, 0.05) is 0 Å². The molecule has 2 amide bonds. The van der Waals surface area contributed by atoms with Crippen molar-refractivity contribution in [2.24, 2.45) is 11.1 Å². The van der Waals surface area contributed by atoms with Crippen LogP contribution < -0.4 is 16.4 Å². The lowest BCUT2D eigenvalue weighted by Crippen LogP contribution is -2.59. The van der Waals surface area contributed by atoms with E-state index in [4.69, 9.17) is 10.5 Å². The van der Waals surface area contributed by atoms with Gasteiger partial charge in [-0.25, -0.2) is 0 Å². The molecule has 4 N–H and O–H groups in total. The topological polar surface area (TPSA) is 120 Å². The summed E-state index contributed by atoms with van der Waals surface area (Å²) in [6.07, 6.45) is -0.631. The molecule has 0 aromatic heterocycles. The summed E-state index contributed by atoms with van der Waals surface area (Å²) in [6, 6.07) is -1.80. The molecule has 0 heterocycles. The number of hydrogen-bond donors (Lipinski definition) is 3. The normalized spacial score (nSPS) is 15.7. The molecule has 8 nitrogen and oxygen atoms in total. The van der Waals surface area contributed by atoms with Crippen molar-refractivity contribution in [2.75, 3.05) is 13.7 Å². The summed E-state index contributed by atoms with van der Waals surface area (Å²) in [6.45, 7) is 12.4. The number of hydrogen-bond acceptors (Lipinski definition) is 6. The third-order valence-electron chi connectivity index (χ3n) is 3.44. The van der Waals surface area contributed by atoms with Crippen molar-refractivity contribution in [3.05, 3.63) is 0 Å². The van der Waals surface area contributed by atoms with Crippen molar-refractivity contribution < 1.29 is 23.9 Å². The molecular formula is C17H33N3O5. The van der Waals surface area contributed by atoms with Crippen LogP contribution in [-0.2, 0) is 23.9 Å². The van der Waals surface area contributed by atoms with Gasteiger partial charge in [0.05, 0.1) is 24.9 Å². The predicted octanol–water partition coefficient (Wildman–Crippen LogP) is 0.337. The molecule has 0 unspecified atom stereocenters. The summed E-state index contributed by atoms with van der Waals surface area (Å²) in [7, 11) is 1.22. The lowest BCUT2D eigenvalue weighted by molar-refractivity contribution is -0.143. The highest BCUT2D eigenvalue weighted by atomic mass is 16.5. The lowest BCUT2D eigenvalue weighted by atomic mass is 9.86. The molecule has 0 saturated heterocycles. The molecule has 0 bridgehead atoms. The van der Waals surface area contributed by atoms with E-state index in [1.165, 1.54) is 7.11 Å². The molecule has 8 heteroatoms. The molecule has 0 spiro atoms. The molecule has 25 heavy (non-hydrogen) atoms. The molecule has 0 aromatic rings. The van der Waals surface area contributed by atoms with Crippen LogP contribution in [0.4, 0.5) is 0 Å². The van der Waals surface area contributed by atoms with Gasteiger partial charge in [-0.15, -0.1) is 0 Å². The Labute approximate surface area is 150 Å². The molecule has 0 aliphatic heterocycles. The zero-order chi connectivity index (χ0) is 20.0. The summed E-state index contributed by atoms with van der Waals surface area (Å²) >= 11 is 0. The minimum absolute atomic E-state index is 0.296. The van der Waals surface area contributed by atoms with Gasteiger partial charge in [-0.1, -0.05) is 20.8 Å². The molecular weight excluding hydrogens is 326 g/mol. The van der Waals surface area contributed by atoms with Gasteiger partial charge in [-0.3, -0.25) is 14.4 Å². The van der Waals surface area contributed by atoms with E-state index in [-0.39, 0.29) is 6.54 Å². The smallest absolute Gasteiger partial charge is 0.325 e. The van der Waals surface area contributed by atoms with Gasteiger partial charge in [0.15, 0.2) is 0 Å². The minimum atomic E-state index is -0.996. The van der Waals surface area contributed by atoms with Crippen LogP contribution in [0.3, 0.4) is 0 Å². The summed E-state index contributed by atoms with van der Waals surface area (Å²) in [5.41, 5.74) is 4.97. The van der Waals surface area contributed by atoms with Gasteiger partial charge in [0.1, 0.15) is 12.6 Å². The Morgan fingerprint density at radius 2 is 1.56 bits per heavy atom. The second-order valence-electron chi connectivity index (χ2n) is 8.06. The maximum atomic E-state index is 12.4. The highest BCUT2D eigenvalue weighted by Crippen LogP contribution is 2.18. The van der Waals surface area contributed by atoms with Crippen molar-refractivity contribution in [2.45, 2.75) is 72.3 Å². The minimum Gasteiger partial charge on any atom is -0.468 e. The average Bonchev–Trinajstić information content (AvgIpc) is 2.45. The van der Waals surface area contributed by atoms with Gasteiger partial charge >= 0.3 is 5.97 Å². The van der Waals surface area contributed by atoms with Gasteiger partial charge in [-0.2, -0.15) is 0 Å². The predicted molar refractivity (Wildman–Crippen MR) is 94.7 cm³/mol. The third kappa shape index (κ3) is 8.83. The van der Waals surface area contributed by atoms with E-state index in [2.05, 4.69) is 15.4 Å². The van der Waals surface area contributed by atoms with E-state index in [1.807, 2.05) is 41.5 Å².